The maximum absolute atomic E-state index is 14.3. The monoisotopic (exact) mass is 546 g/mol. The molecule has 3 N–H and O–H groups in total. The van der Waals surface area contributed by atoms with E-state index in [4.69, 9.17) is 9.47 Å². The van der Waals surface area contributed by atoms with E-state index in [1.54, 1.807) is 48.5 Å². The number of alkyl halides is 2. The average molecular weight is 547 g/mol. The van der Waals surface area contributed by atoms with Gasteiger partial charge in [0.15, 0.2) is 6.61 Å². The highest BCUT2D eigenvalue weighted by Crippen LogP contribution is 2.30. The quantitative estimate of drug-likeness (QED) is 0.128. The fourth-order valence-corrected chi connectivity index (χ4v) is 4.07. The summed E-state index contributed by atoms with van der Waals surface area (Å²) in [6.07, 6.45) is 0.458. The molecule has 0 spiro atoms. The van der Waals surface area contributed by atoms with Crippen molar-refractivity contribution in [3.63, 3.8) is 0 Å². The van der Waals surface area contributed by atoms with Crippen molar-refractivity contribution in [1.82, 2.24) is 5.32 Å². The number of nitrogens with one attached hydrogen (secondary N) is 2. The minimum atomic E-state index is -3.08. The Morgan fingerprint density at radius 3 is 2.25 bits per heavy atom. The maximum atomic E-state index is 14.3. The van der Waals surface area contributed by atoms with Crippen molar-refractivity contribution < 1.29 is 28.2 Å². The number of aliphatic hydroxyl groups excluding tert-OH is 1. The number of aliphatic hydroxyl groups is 1. The number of carbonyl (C=O) groups is 1. The molecular weight excluding hydrogens is 514 g/mol. The van der Waals surface area contributed by atoms with E-state index in [9.17, 15) is 18.7 Å². The van der Waals surface area contributed by atoms with Crippen LogP contribution in [0.3, 0.4) is 0 Å². The highest BCUT2D eigenvalue weighted by atomic mass is 19.3. The van der Waals surface area contributed by atoms with Crippen LogP contribution in [0.4, 0.5) is 14.5 Å². The number of hydrogen-bond acceptors (Lipinski definition) is 5. The summed E-state index contributed by atoms with van der Waals surface area (Å²) in [7, 11) is 0. The Kier molecular flexibility index (Phi) is 10.2. The highest BCUT2D eigenvalue weighted by molar-refractivity contribution is 5.76. The van der Waals surface area contributed by atoms with E-state index >= 15 is 0 Å². The molecule has 0 aromatic heterocycles. The Hall–Kier alpha value is -4.27. The predicted octanol–water partition coefficient (Wildman–Crippen LogP) is 5.87. The SMILES string of the molecule is O=CNc1cc(C(O)CNCCc2ccc(OCC(F)(F)c3ccccc3)cc2)ccc1OCc1ccccc1. The fourth-order valence-electron chi connectivity index (χ4n) is 4.07. The van der Waals surface area contributed by atoms with Crippen LogP contribution < -0.4 is 20.1 Å². The molecule has 40 heavy (non-hydrogen) atoms. The zero-order valence-electron chi connectivity index (χ0n) is 21.9. The zero-order valence-corrected chi connectivity index (χ0v) is 21.9. The van der Waals surface area contributed by atoms with Crippen LogP contribution >= 0.6 is 0 Å². The van der Waals surface area contributed by atoms with Crippen molar-refractivity contribution in [3.8, 4) is 11.5 Å². The van der Waals surface area contributed by atoms with Crippen LogP contribution in [0.25, 0.3) is 0 Å². The Morgan fingerprint density at radius 2 is 1.55 bits per heavy atom. The van der Waals surface area contributed by atoms with E-state index in [0.717, 1.165) is 11.1 Å². The largest absolute Gasteiger partial charge is 0.487 e. The van der Waals surface area contributed by atoms with E-state index in [-0.39, 0.29) is 5.56 Å². The summed E-state index contributed by atoms with van der Waals surface area (Å²) in [5.41, 5.74) is 3.04. The lowest BCUT2D eigenvalue weighted by atomic mass is 10.1. The van der Waals surface area contributed by atoms with Gasteiger partial charge in [0, 0.05) is 12.1 Å². The van der Waals surface area contributed by atoms with Gasteiger partial charge >= 0.3 is 5.92 Å². The molecule has 4 rings (SSSR count). The van der Waals surface area contributed by atoms with Gasteiger partial charge in [-0.2, -0.15) is 8.78 Å². The van der Waals surface area contributed by atoms with Gasteiger partial charge in [0.1, 0.15) is 18.1 Å². The molecule has 4 aromatic carbocycles. The average Bonchev–Trinajstić information content (AvgIpc) is 2.99. The zero-order chi connectivity index (χ0) is 28.2. The second-order valence-corrected chi connectivity index (χ2v) is 9.27. The number of hydrogen-bond donors (Lipinski definition) is 3. The van der Waals surface area contributed by atoms with Gasteiger partial charge in [-0.05, 0) is 53.9 Å². The van der Waals surface area contributed by atoms with Crippen molar-refractivity contribution >= 4 is 12.1 Å². The van der Waals surface area contributed by atoms with Crippen molar-refractivity contribution in [1.29, 1.82) is 0 Å². The molecule has 0 aliphatic heterocycles. The molecule has 1 unspecified atom stereocenters. The van der Waals surface area contributed by atoms with Gasteiger partial charge in [0.05, 0.1) is 11.8 Å². The molecule has 0 aliphatic rings. The molecule has 0 heterocycles. The number of rotatable bonds is 15. The third kappa shape index (κ3) is 8.36. The third-order valence-electron chi connectivity index (χ3n) is 6.31. The Morgan fingerprint density at radius 1 is 0.850 bits per heavy atom. The number of halogens is 2. The van der Waals surface area contributed by atoms with Crippen LogP contribution in [0.15, 0.2) is 103 Å². The number of carbonyl (C=O) groups excluding carboxylic acids is 1. The van der Waals surface area contributed by atoms with Gasteiger partial charge in [-0.25, -0.2) is 0 Å². The minimum Gasteiger partial charge on any atom is -0.487 e. The Balaban J connectivity index is 1.22. The number of ether oxygens (including phenoxy) is 2. The van der Waals surface area contributed by atoms with Gasteiger partial charge < -0.3 is 25.2 Å². The van der Waals surface area contributed by atoms with Gasteiger partial charge in [-0.15, -0.1) is 0 Å². The second kappa shape index (κ2) is 14.2. The minimum absolute atomic E-state index is 0.0801. The molecule has 0 saturated heterocycles. The van der Waals surface area contributed by atoms with Crippen LogP contribution in [0.5, 0.6) is 11.5 Å². The fraction of sp³-hybridized carbons (Fsp3) is 0.219. The molecule has 4 aromatic rings. The summed E-state index contributed by atoms with van der Waals surface area (Å²) in [5.74, 6) is -2.20. The normalized spacial score (nSPS) is 12.0. The number of amides is 1. The molecule has 0 fully saturated rings. The standard InChI is InChI=1S/C32H32F2N2O4/c33-32(34,27-9-5-2-6-10-27)22-40-28-14-11-24(12-15-28)17-18-35-20-30(38)26-13-16-31(29(19-26)36-23-37)39-21-25-7-3-1-4-8-25/h1-16,19,23,30,35,38H,17-18,20-22H2,(H,36,37). The molecule has 0 saturated carbocycles. The first-order valence-electron chi connectivity index (χ1n) is 13.0. The van der Waals surface area contributed by atoms with Crippen LogP contribution in [0.2, 0.25) is 0 Å². The lowest BCUT2D eigenvalue weighted by Gasteiger charge is -2.17. The van der Waals surface area contributed by atoms with Crippen LogP contribution in [0.1, 0.15) is 28.4 Å². The van der Waals surface area contributed by atoms with E-state index in [0.29, 0.717) is 55.3 Å². The van der Waals surface area contributed by atoms with Gasteiger partial charge in [-0.1, -0.05) is 78.9 Å². The molecule has 0 aliphatic carbocycles. The summed E-state index contributed by atoms with van der Waals surface area (Å²) in [6, 6.07) is 29.5. The summed E-state index contributed by atoms with van der Waals surface area (Å²) in [5, 5.41) is 16.5. The lowest BCUT2D eigenvalue weighted by Crippen LogP contribution is -2.24. The Labute approximate surface area is 232 Å². The smallest absolute Gasteiger partial charge is 0.306 e. The van der Waals surface area contributed by atoms with E-state index in [1.165, 1.54) is 12.1 Å². The third-order valence-corrected chi connectivity index (χ3v) is 6.31. The number of anilines is 1. The van der Waals surface area contributed by atoms with E-state index < -0.39 is 18.6 Å². The van der Waals surface area contributed by atoms with Crippen molar-refractivity contribution in [2.75, 3.05) is 25.0 Å². The molecule has 208 valence electrons. The van der Waals surface area contributed by atoms with Crippen LogP contribution in [0, 0.1) is 0 Å². The van der Waals surface area contributed by atoms with Crippen LogP contribution in [-0.4, -0.2) is 31.2 Å². The summed E-state index contributed by atoms with van der Waals surface area (Å²) in [4.78, 5) is 11.1. The number of benzene rings is 4. The van der Waals surface area contributed by atoms with Crippen molar-refractivity contribution in [3.05, 3.63) is 125 Å². The van der Waals surface area contributed by atoms with Crippen molar-refractivity contribution in [2.45, 2.75) is 25.1 Å². The summed E-state index contributed by atoms with van der Waals surface area (Å²) in [6.45, 7) is 0.521. The molecule has 0 bridgehead atoms. The van der Waals surface area contributed by atoms with Crippen molar-refractivity contribution in [2.24, 2.45) is 0 Å². The van der Waals surface area contributed by atoms with E-state index in [1.807, 2.05) is 42.5 Å². The topological polar surface area (TPSA) is 79.8 Å². The Bertz CT molecular complexity index is 1340. The highest BCUT2D eigenvalue weighted by Gasteiger charge is 2.32. The first kappa shape index (κ1) is 28.7. The molecular formula is C32H32F2N2O4. The molecule has 1 atom stereocenters. The molecule has 1 amide bonds. The van der Waals surface area contributed by atoms with E-state index in [2.05, 4.69) is 10.6 Å². The first-order valence-corrected chi connectivity index (χ1v) is 13.0. The molecule has 0 radical (unpaired) electrons. The van der Waals surface area contributed by atoms with Gasteiger partial charge in [-0.3, -0.25) is 4.79 Å². The predicted molar refractivity (Wildman–Crippen MR) is 151 cm³/mol. The van der Waals surface area contributed by atoms with Gasteiger partial charge in [0.2, 0.25) is 6.41 Å². The summed E-state index contributed by atoms with van der Waals surface area (Å²) >= 11 is 0. The molecule has 6 nitrogen and oxygen atoms in total. The maximum Gasteiger partial charge on any atom is 0.306 e. The summed E-state index contributed by atoms with van der Waals surface area (Å²) < 4.78 is 39.8. The lowest BCUT2D eigenvalue weighted by molar-refractivity contribution is -0.105. The van der Waals surface area contributed by atoms with Crippen LogP contribution in [-0.2, 0) is 23.7 Å². The second-order valence-electron chi connectivity index (χ2n) is 9.27. The van der Waals surface area contributed by atoms with Gasteiger partial charge in [0.25, 0.3) is 0 Å². The first-order chi connectivity index (χ1) is 19.4. The molecule has 8 heteroatoms.